The molecule has 0 spiro atoms. The summed E-state index contributed by atoms with van der Waals surface area (Å²) in [5.74, 6) is 1.58. The van der Waals surface area contributed by atoms with Crippen LogP contribution in [-0.4, -0.2) is 44.4 Å². The number of nitrogens with zero attached hydrogens (tertiary/aromatic N) is 1. The van der Waals surface area contributed by atoms with E-state index in [0.717, 1.165) is 45.7 Å². The minimum Gasteiger partial charge on any atom is -0.492 e. The van der Waals surface area contributed by atoms with Crippen LogP contribution in [0.25, 0.3) is 11.1 Å². The van der Waals surface area contributed by atoms with Crippen molar-refractivity contribution in [1.82, 2.24) is 4.90 Å². The Morgan fingerprint density at radius 1 is 0.622 bits per heavy atom. The summed E-state index contributed by atoms with van der Waals surface area (Å²) in [7, 11) is 0. The van der Waals surface area contributed by atoms with Gasteiger partial charge in [0.05, 0.1) is 18.8 Å². The van der Waals surface area contributed by atoms with Crippen molar-refractivity contribution in [3.05, 3.63) is 156 Å². The van der Waals surface area contributed by atoms with Crippen LogP contribution < -0.4 is 9.47 Å². The predicted octanol–water partition coefficient (Wildman–Crippen LogP) is 8.24. The minimum atomic E-state index is -0.915. The van der Waals surface area contributed by atoms with Crippen LogP contribution in [0.2, 0.25) is 0 Å². The summed E-state index contributed by atoms with van der Waals surface area (Å²) in [6, 6.07) is 45.9. The van der Waals surface area contributed by atoms with Crippen molar-refractivity contribution < 1.29 is 18.9 Å². The lowest BCUT2D eigenvalue weighted by molar-refractivity contribution is -0.0469. The zero-order valence-corrected chi connectivity index (χ0v) is 25.5. The third-order valence-corrected chi connectivity index (χ3v) is 8.73. The maximum Gasteiger partial charge on any atom is 0.187 e. The summed E-state index contributed by atoms with van der Waals surface area (Å²) in [4.78, 5) is 2.47. The lowest BCUT2D eigenvalue weighted by atomic mass is 9.80. The van der Waals surface area contributed by atoms with Crippen molar-refractivity contribution in [2.45, 2.75) is 24.7 Å². The SMILES string of the molecule is c1ccc(C(Oc2ccc(-c3cccc(OCCN4CCCC4)c3)cc2C2OCCO2)(c2ccccc2)c2ccccc2)cc1. The molecule has 0 aliphatic carbocycles. The molecule has 5 aromatic rings. The Morgan fingerprint density at radius 3 is 1.80 bits per heavy atom. The molecule has 2 heterocycles. The fourth-order valence-electron chi connectivity index (χ4n) is 6.47. The quantitative estimate of drug-likeness (QED) is 0.143. The highest BCUT2D eigenvalue weighted by molar-refractivity contribution is 5.67. The maximum atomic E-state index is 7.33. The van der Waals surface area contributed by atoms with Gasteiger partial charge in [0.1, 0.15) is 18.1 Å². The molecule has 5 heteroatoms. The average molecular weight is 598 g/mol. The fourth-order valence-corrected chi connectivity index (χ4v) is 6.47. The molecule has 7 rings (SSSR count). The standard InChI is InChI=1S/C40H39NO4/c1-4-14-33(15-5-1)40(34-16-6-2-7-17-34,35-18-8-3-9-19-35)45-38-22-21-32(30-37(38)39-43-27-28-44-39)31-13-12-20-36(29-31)42-26-25-41-23-10-11-24-41/h1-9,12-22,29-30,39H,10-11,23-28H2. The van der Waals surface area contributed by atoms with Crippen LogP contribution in [0, 0.1) is 0 Å². The average Bonchev–Trinajstić information content (AvgIpc) is 3.84. The van der Waals surface area contributed by atoms with E-state index in [-0.39, 0.29) is 0 Å². The van der Waals surface area contributed by atoms with Crippen molar-refractivity contribution in [2.75, 3.05) is 39.5 Å². The molecule has 2 aliphatic rings. The largest absolute Gasteiger partial charge is 0.492 e. The zero-order chi connectivity index (χ0) is 30.3. The second-order valence-electron chi connectivity index (χ2n) is 11.6. The van der Waals surface area contributed by atoms with Crippen LogP contribution in [0.3, 0.4) is 0 Å². The second-order valence-corrected chi connectivity index (χ2v) is 11.6. The highest BCUT2D eigenvalue weighted by atomic mass is 16.7. The number of likely N-dealkylation sites (tertiary alicyclic amines) is 1. The second kappa shape index (κ2) is 13.7. The predicted molar refractivity (Wildman–Crippen MR) is 178 cm³/mol. The van der Waals surface area contributed by atoms with Gasteiger partial charge in [-0.2, -0.15) is 0 Å². The molecule has 0 aromatic heterocycles. The van der Waals surface area contributed by atoms with E-state index in [2.05, 4.69) is 114 Å². The summed E-state index contributed by atoms with van der Waals surface area (Å²) in [6.07, 6.45) is 2.05. The minimum absolute atomic E-state index is 0.528. The van der Waals surface area contributed by atoms with E-state index in [0.29, 0.717) is 25.6 Å². The summed E-state index contributed by atoms with van der Waals surface area (Å²) in [5.41, 5.74) is 5.16. The first kappa shape index (κ1) is 29.3. The molecule has 2 aliphatic heterocycles. The van der Waals surface area contributed by atoms with Gasteiger partial charge in [0, 0.05) is 23.2 Å². The molecule has 5 aromatic carbocycles. The number of rotatable bonds is 11. The van der Waals surface area contributed by atoms with Gasteiger partial charge < -0.3 is 18.9 Å². The Balaban J connectivity index is 1.28. The van der Waals surface area contributed by atoms with Gasteiger partial charge in [-0.15, -0.1) is 0 Å². The Labute approximate surface area is 266 Å². The van der Waals surface area contributed by atoms with Crippen molar-refractivity contribution in [1.29, 1.82) is 0 Å². The molecular weight excluding hydrogens is 558 g/mol. The fraction of sp³-hybridized carbons (Fsp3) is 0.250. The lowest BCUT2D eigenvalue weighted by Crippen LogP contribution is -2.36. The van der Waals surface area contributed by atoms with Crippen LogP contribution in [0.4, 0.5) is 0 Å². The van der Waals surface area contributed by atoms with E-state index in [9.17, 15) is 0 Å². The first-order chi connectivity index (χ1) is 22.3. The molecule has 228 valence electrons. The van der Waals surface area contributed by atoms with Crippen molar-refractivity contribution >= 4 is 0 Å². The highest BCUT2D eigenvalue weighted by Crippen LogP contribution is 2.44. The molecule has 0 radical (unpaired) electrons. The molecule has 0 atom stereocenters. The normalized spacial score (nSPS) is 15.7. The molecule has 45 heavy (non-hydrogen) atoms. The molecular formula is C40H39NO4. The monoisotopic (exact) mass is 597 g/mol. The van der Waals surface area contributed by atoms with Gasteiger partial charge in [-0.3, -0.25) is 4.90 Å². The van der Waals surface area contributed by atoms with Crippen LogP contribution in [0.1, 0.15) is 41.4 Å². The summed E-state index contributed by atoms with van der Waals surface area (Å²) >= 11 is 0. The Hall–Kier alpha value is -4.42. The van der Waals surface area contributed by atoms with E-state index in [1.807, 2.05) is 24.3 Å². The summed E-state index contributed by atoms with van der Waals surface area (Å²) in [5, 5.41) is 0. The number of benzene rings is 5. The molecule has 0 unspecified atom stereocenters. The first-order valence-electron chi connectivity index (χ1n) is 16.0. The number of hydrogen-bond acceptors (Lipinski definition) is 5. The molecule has 0 amide bonds. The van der Waals surface area contributed by atoms with Gasteiger partial charge in [0.2, 0.25) is 0 Å². The topological polar surface area (TPSA) is 40.2 Å². The van der Waals surface area contributed by atoms with Gasteiger partial charge in [0.25, 0.3) is 0 Å². The van der Waals surface area contributed by atoms with E-state index in [1.54, 1.807) is 0 Å². The van der Waals surface area contributed by atoms with Crippen LogP contribution in [0.15, 0.2) is 133 Å². The number of ether oxygens (including phenoxy) is 4. The van der Waals surface area contributed by atoms with Gasteiger partial charge in [-0.1, -0.05) is 109 Å². The Bertz CT molecular complexity index is 1570. The maximum absolute atomic E-state index is 7.33. The molecule has 0 saturated carbocycles. The highest BCUT2D eigenvalue weighted by Gasteiger charge is 2.40. The van der Waals surface area contributed by atoms with Crippen LogP contribution in [0.5, 0.6) is 11.5 Å². The van der Waals surface area contributed by atoms with Crippen molar-refractivity contribution in [3.8, 4) is 22.6 Å². The third-order valence-electron chi connectivity index (χ3n) is 8.73. The summed E-state index contributed by atoms with van der Waals surface area (Å²) < 4.78 is 25.7. The van der Waals surface area contributed by atoms with Gasteiger partial charge in [-0.05, 0) is 61.3 Å². The smallest absolute Gasteiger partial charge is 0.187 e. The van der Waals surface area contributed by atoms with E-state index in [1.165, 1.54) is 25.9 Å². The van der Waals surface area contributed by atoms with Gasteiger partial charge >= 0.3 is 0 Å². The first-order valence-corrected chi connectivity index (χ1v) is 16.0. The van der Waals surface area contributed by atoms with Crippen molar-refractivity contribution in [3.63, 3.8) is 0 Å². The Kier molecular flexibility index (Phi) is 8.92. The molecule has 0 bridgehead atoms. The summed E-state index contributed by atoms with van der Waals surface area (Å²) in [6.45, 7) is 5.07. The molecule has 2 saturated heterocycles. The lowest BCUT2D eigenvalue weighted by Gasteiger charge is -2.37. The van der Waals surface area contributed by atoms with Crippen LogP contribution >= 0.6 is 0 Å². The Morgan fingerprint density at radius 2 is 1.20 bits per heavy atom. The number of hydrogen-bond donors (Lipinski definition) is 0. The third kappa shape index (κ3) is 6.38. The van der Waals surface area contributed by atoms with E-state index in [4.69, 9.17) is 18.9 Å². The van der Waals surface area contributed by atoms with Crippen LogP contribution in [-0.2, 0) is 15.1 Å². The van der Waals surface area contributed by atoms with E-state index < -0.39 is 11.9 Å². The van der Waals surface area contributed by atoms with Gasteiger partial charge in [-0.25, -0.2) is 0 Å². The van der Waals surface area contributed by atoms with Gasteiger partial charge in [0.15, 0.2) is 11.9 Å². The van der Waals surface area contributed by atoms with E-state index >= 15 is 0 Å². The van der Waals surface area contributed by atoms with Crippen molar-refractivity contribution in [2.24, 2.45) is 0 Å². The molecule has 2 fully saturated rings. The zero-order valence-electron chi connectivity index (χ0n) is 25.5. The molecule has 0 N–H and O–H groups in total. The molecule has 5 nitrogen and oxygen atoms in total.